The van der Waals surface area contributed by atoms with Crippen molar-refractivity contribution >= 4 is 27.9 Å². The molecule has 11 heteroatoms. The number of aryl methyl sites for hydroxylation is 1. The van der Waals surface area contributed by atoms with Gasteiger partial charge in [-0.25, -0.2) is 4.79 Å². The van der Waals surface area contributed by atoms with Gasteiger partial charge in [-0.3, -0.25) is 9.59 Å². The molecule has 0 saturated heterocycles. The summed E-state index contributed by atoms with van der Waals surface area (Å²) in [4.78, 5) is 40.6. The minimum Gasteiger partial charge on any atom is -0.496 e. The van der Waals surface area contributed by atoms with E-state index in [1.165, 1.54) is 7.11 Å². The molecule has 2 aliphatic rings. The van der Waals surface area contributed by atoms with Crippen LogP contribution in [-0.4, -0.2) is 41.5 Å². The average Bonchev–Trinajstić information content (AvgIpc) is 3.24. The lowest BCUT2D eigenvalue weighted by molar-refractivity contribution is -0.121. The van der Waals surface area contributed by atoms with Crippen LogP contribution in [0, 0.1) is 19.8 Å². The first-order valence-electron chi connectivity index (χ1n) is 13.5. The van der Waals surface area contributed by atoms with Crippen molar-refractivity contribution < 1.29 is 28.5 Å². The molecule has 0 spiro atoms. The Kier molecular flexibility index (Phi) is 8.44. The summed E-state index contributed by atoms with van der Waals surface area (Å²) in [6.07, 6.45) is 2.73. The number of alkyl carbamates (subject to hydrolysis) is 1. The summed E-state index contributed by atoms with van der Waals surface area (Å²) in [5, 5.41) is 5.79. The number of carbonyl (C=O) groups excluding carboxylic acids is 2. The van der Waals surface area contributed by atoms with Gasteiger partial charge in [0.2, 0.25) is 0 Å². The van der Waals surface area contributed by atoms with E-state index in [9.17, 15) is 14.4 Å². The minimum absolute atomic E-state index is 0.00140. The zero-order chi connectivity index (χ0) is 29.4. The van der Waals surface area contributed by atoms with Crippen molar-refractivity contribution in [3.8, 4) is 17.2 Å². The lowest BCUT2D eigenvalue weighted by Gasteiger charge is -2.37. The van der Waals surface area contributed by atoms with Gasteiger partial charge < -0.3 is 34.6 Å². The van der Waals surface area contributed by atoms with E-state index in [1.807, 2.05) is 34.6 Å². The molecule has 3 N–H and O–H groups in total. The predicted molar refractivity (Wildman–Crippen MR) is 153 cm³/mol. The Morgan fingerprint density at radius 2 is 1.77 bits per heavy atom. The van der Waals surface area contributed by atoms with Gasteiger partial charge in [0.15, 0.2) is 11.5 Å². The van der Waals surface area contributed by atoms with E-state index in [0.717, 1.165) is 25.7 Å². The molecule has 1 aliphatic heterocycles. The number of amides is 2. The van der Waals surface area contributed by atoms with Gasteiger partial charge in [0.1, 0.15) is 11.4 Å². The van der Waals surface area contributed by atoms with E-state index >= 15 is 0 Å². The Bertz CT molecular complexity index is 1360. The summed E-state index contributed by atoms with van der Waals surface area (Å²) < 4.78 is 24.1. The molecule has 1 saturated carbocycles. The summed E-state index contributed by atoms with van der Waals surface area (Å²) >= 11 is 3.55. The molecule has 0 radical (unpaired) electrons. The maximum absolute atomic E-state index is 13.2. The second-order valence-corrected chi connectivity index (χ2v) is 12.5. The fraction of sp³-hybridized carbons (Fsp3) is 0.552. The molecule has 10 nitrogen and oxygen atoms in total. The SMILES string of the molecule is COc1cc(C)[nH]c(=O)c1CNC(=O)c1cc(Br)c2c(c1C)OC(C)(C1CCC(NC(=O)OC(C)(C)C)CC1)O2. The molecule has 1 aromatic carbocycles. The second-order valence-electron chi connectivity index (χ2n) is 11.6. The molecule has 4 rings (SSSR count). The fourth-order valence-electron chi connectivity index (χ4n) is 5.28. The van der Waals surface area contributed by atoms with Crippen LogP contribution in [0.25, 0.3) is 0 Å². The molecular formula is C29H38BrN3O7. The summed E-state index contributed by atoms with van der Waals surface area (Å²) in [7, 11) is 1.49. The molecule has 1 atom stereocenters. The first-order valence-corrected chi connectivity index (χ1v) is 14.3. The van der Waals surface area contributed by atoms with E-state index in [4.69, 9.17) is 18.9 Å². The average molecular weight is 621 g/mol. The van der Waals surface area contributed by atoms with E-state index in [-0.39, 0.29) is 30.0 Å². The van der Waals surface area contributed by atoms with Crippen LogP contribution in [0.3, 0.4) is 0 Å². The molecule has 2 aromatic rings. The van der Waals surface area contributed by atoms with Crippen molar-refractivity contribution in [1.82, 2.24) is 15.6 Å². The van der Waals surface area contributed by atoms with Crippen LogP contribution in [0.4, 0.5) is 4.79 Å². The summed E-state index contributed by atoms with van der Waals surface area (Å²) in [5.41, 5.74) is 1.20. The second kappa shape index (κ2) is 11.3. The zero-order valence-corrected chi connectivity index (χ0v) is 25.7. The number of halogens is 1. The van der Waals surface area contributed by atoms with Crippen LogP contribution >= 0.6 is 15.9 Å². The van der Waals surface area contributed by atoms with Gasteiger partial charge in [-0.1, -0.05) is 0 Å². The predicted octanol–water partition coefficient (Wildman–Crippen LogP) is 5.26. The molecule has 218 valence electrons. The van der Waals surface area contributed by atoms with E-state index < -0.39 is 17.5 Å². The van der Waals surface area contributed by atoms with Gasteiger partial charge in [-0.2, -0.15) is 0 Å². The van der Waals surface area contributed by atoms with Gasteiger partial charge in [0, 0.05) is 35.7 Å². The molecule has 1 unspecified atom stereocenters. The van der Waals surface area contributed by atoms with Crippen molar-refractivity contribution in [3.63, 3.8) is 0 Å². The van der Waals surface area contributed by atoms with Crippen LogP contribution in [0.15, 0.2) is 21.4 Å². The number of nitrogens with one attached hydrogen (secondary N) is 3. The summed E-state index contributed by atoms with van der Waals surface area (Å²) in [6.45, 7) is 11.0. The molecule has 2 heterocycles. The minimum atomic E-state index is -0.913. The molecule has 40 heavy (non-hydrogen) atoms. The maximum atomic E-state index is 13.2. The Labute approximate surface area is 242 Å². The third kappa shape index (κ3) is 6.40. The van der Waals surface area contributed by atoms with Crippen molar-refractivity contribution in [3.05, 3.63) is 49.3 Å². The number of aromatic nitrogens is 1. The molecule has 2 amide bonds. The quantitative estimate of drug-likeness (QED) is 0.402. The highest BCUT2D eigenvalue weighted by atomic mass is 79.9. The first-order chi connectivity index (χ1) is 18.7. The number of fused-ring (bicyclic) bond motifs is 1. The highest BCUT2D eigenvalue weighted by Crippen LogP contribution is 2.51. The molecule has 1 fully saturated rings. The van der Waals surface area contributed by atoms with Crippen LogP contribution in [0.2, 0.25) is 0 Å². The maximum Gasteiger partial charge on any atom is 0.407 e. The highest BCUT2D eigenvalue weighted by Gasteiger charge is 2.47. The third-order valence-corrected chi connectivity index (χ3v) is 7.95. The van der Waals surface area contributed by atoms with Crippen LogP contribution in [0.5, 0.6) is 17.2 Å². The molecule has 1 aliphatic carbocycles. The molecular weight excluding hydrogens is 582 g/mol. The van der Waals surface area contributed by atoms with Crippen LogP contribution < -0.4 is 30.4 Å². The Balaban J connectivity index is 1.43. The summed E-state index contributed by atoms with van der Waals surface area (Å²) in [5.74, 6) is 0.306. The standard InChI is InChI=1S/C29H38BrN3O7/c1-15-12-22(37-7)20(26(35)32-15)14-31-25(34)19-13-21(30)24-23(16(19)2)38-29(6,39-24)17-8-10-18(11-9-17)33-27(36)40-28(3,4)5/h12-13,17-18H,8-11,14H2,1-7H3,(H,31,34)(H,32,35)(H,33,36). The molecule has 1 aromatic heterocycles. The number of benzene rings is 1. The monoisotopic (exact) mass is 619 g/mol. The number of hydrogen-bond donors (Lipinski definition) is 3. The van der Waals surface area contributed by atoms with Gasteiger partial charge in [-0.15, -0.1) is 0 Å². The number of hydrogen-bond acceptors (Lipinski definition) is 7. The summed E-state index contributed by atoms with van der Waals surface area (Å²) in [6, 6.07) is 3.45. The van der Waals surface area contributed by atoms with Crippen molar-refractivity contribution in [2.24, 2.45) is 5.92 Å². The number of pyridine rings is 1. The van der Waals surface area contributed by atoms with Gasteiger partial charge >= 0.3 is 6.09 Å². The Hall–Kier alpha value is -3.21. The van der Waals surface area contributed by atoms with Crippen molar-refractivity contribution in [1.29, 1.82) is 0 Å². The largest absolute Gasteiger partial charge is 0.496 e. The first kappa shape index (κ1) is 29.8. The number of aromatic amines is 1. The van der Waals surface area contributed by atoms with E-state index in [0.29, 0.717) is 44.1 Å². The third-order valence-electron chi connectivity index (χ3n) is 7.36. The lowest BCUT2D eigenvalue weighted by atomic mass is 9.81. The van der Waals surface area contributed by atoms with E-state index in [1.54, 1.807) is 19.1 Å². The topological polar surface area (TPSA) is 128 Å². The van der Waals surface area contributed by atoms with Crippen molar-refractivity contribution in [2.75, 3.05) is 7.11 Å². The molecule has 0 bridgehead atoms. The normalized spacial score (nSPS) is 22.0. The number of rotatable bonds is 6. The van der Waals surface area contributed by atoms with Gasteiger partial charge in [0.25, 0.3) is 17.3 Å². The number of methoxy groups -OCH3 is 1. The number of ether oxygens (including phenoxy) is 4. The Morgan fingerprint density at radius 1 is 1.12 bits per heavy atom. The highest BCUT2D eigenvalue weighted by molar-refractivity contribution is 9.10. The van der Waals surface area contributed by atoms with Gasteiger partial charge in [-0.05, 0) is 88.4 Å². The number of carbonyl (C=O) groups is 2. The lowest BCUT2D eigenvalue weighted by Crippen LogP contribution is -2.48. The zero-order valence-electron chi connectivity index (χ0n) is 24.1. The smallest absolute Gasteiger partial charge is 0.407 e. The van der Waals surface area contributed by atoms with E-state index in [2.05, 4.69) is 31.5 Å². The Morgan fingerprint density at radius 3 is 2.40 bits per heavy atom. The van der Waals surface area contributed by atoms with Crippen LogP contribution in [0.1, 0.15) is 80.6 Å². The van der Waals surface area contributed by atoms with Crippen molar-refractivity contribution in [2.45, 2.75) is 91.2 Å². The van der Waals surface area contributed by atoms with Crippen LogP contribution in [-0.2, 0) is 11.3 Å². The van der Waals surface area contributed by atoms with Gasteiger partial charge in [0.05, 0.1) is 23.7 Å². The number of H-pyrrole nitrogens is 1. The fourth-order valence-corrected chi connectivity index (χ4v) is 5.77.